The molecule has 5 nitrogen and oxygen atoms in total. The van der Waals surface area contributed by atoms with Gasteiger partial charge in [-0.3, -0.25) is 4.79 Å². The molecule has 0 saturated carbocycles. The van der Waals surface area contributed by atoms with Crippen molar-refractivity contribution in [3.63, 3.8) is 0 Å². The van der Waals surface area contributed by atoms with Crippen molar-refractivity contribution in [2.75, 3.05) is 13.1 Å². The van der Waals surface area contributed by atoms with Gasteiger partial charge in [-0.05, 0) is 51.3 Å². The van der Waals surface area contributed by atoms with Gasteiger partial charge in [0.2, 0.25) is 0 Å². The van der Waals surface area contributed by atoms with Crippen LogP contribution in [0.25, 0.3) is 0 Å². The summed E-state index contributed by atoms with van der Waals surface area (Å²) in [6.45, 7) is 8.49. The van der Waals surface area contributed by atoms with Crippen LogP contribution in [0.2, 0.25) is 0 Å². The van der Waals surface area contributed by atoms with E-state index in [1.165, 1.54) is 5.56 Å². The first-order chi connectivity index (χ1) is 10.3. The lowest BCUT2D eigenvalue weighted by molar-refractivity contribution is 0.0527. The van der Waals surface area contributed by atoms with E-state index in [0.717, 1.165) is 6.42 Å². The fourth-order valence-electron chi connectivity index (χ4n) is 1.79. The quantitative estimate of drug-likeness (QED) is 0.794. The Kier molecular flexibility index (Phi) is 6.89. The van der Waals surface area contributed by atoms with Crippen molar-refractivity contribution in [1.82, 2.24) is 10.6 Å². The van der Waals surface area contributed by atoms with Crippen molar-refractivity contribution in [3.05, 3.63) is 35.4 Å². The van der Waals surface area contributed by atoms with E-state index in [2.05, 4.69) is 17.6 Å². The topological polar surface area (TPSA) is 67.4 Å². The maximum atomic E-state index is 11.9. The second kappa shape index (κ2) is 8.41. The maximum absolute atomic E-state index is 11.9. The molecule has 5 heteroatoms. The van der Waals surface area contributed by atoms with Gasteiger partial charge in [-0.15, -0.1) is 0 Å². The van der Waals surface area contributed by atoms with E-state index in [4.69, 9.17) is 4.74 Å². The van der Waals surface area contributed by atoms with Gasteiger partial charge in [0.1, 0.15) is 5.60 Å². The molecule has 0 saturated heterocycles. The molecule has 0 aliphatic carbocycles. The molecule has 0 heterocycles. The molecule has 1 aromatic carbocycles. The van der Waals surface area contributed by atoms with E-state index in [0.29, 0.717) is 25.1 Å². The van der Waals surface area contributed by atoms with Crippen LogP contribution in [0.5, 0.6) is 0 Å². The van der Waals surface area contributed by atoms with Gasteiger partial charge in [0.15, 0.2) is 0 Å². The average Bonchev–Trinajstić information content (AvgIpc) is 2.45. The summed E-state index contributed by atoms with van der Waals surface area (Å²) >= 11 is 0. The molecular weight excluding hydrogens is 280 g/mol. The molecule has 0 bridgehead atoms. The summed E-state index contributed by atoms with van der Waals surface area (Å²) in [5.41, 5.74) is 1.36. The molecule has 122 valence electrons. The summed E-state index contributed by atoms with van der Waals surface area (Å²) < 4.78 is 5.12. The van der Waals surface area contributed by atoms with E-state index < -0.39 is 11.7 Å². The molecular formula is C17H26N2O3. The first kappa shape index (κ1) is 18.0. The second-order valence-electron chi connectivity index (χ2n) is 6.09. The smallest absolute Gasteiger partial charge is 0.407 e. The predicted octanol–water partition coefficient (Wildman–Crippen LogP) is 2.89. The number of hydrogen-bond donors (Lipinski definition) is 2. The van der Waals surface area contributed by atoms with Crippen molar-refractivity contribution in [2.45, 2.75) is 46.1 Å². The molecule has 1 aromatic rings. The third-order valence-electron chi connectivity index (χ3n) is 2.93. The minimum absolute atomic E-state index is 0.0973. The van der Waals surface area contributed by atoms with Crippen LogP contribution < -0.4 is 10.6 Å². The third-order valence-corrected chi connectivity index (χ3v) is 2.93. The molecule has 0 radical (unpaired) electrons. The van der Waals surface area contributed by atoms with Gasteiger partial charge >= 0.3 is 6.09 Å². The summed E-state index contributed by atoms with van der Waals surface area (Å²) in [6, 6.07) is 7.57. The highest BCUT2D eigenvalue weighted by Crippen LogP contribution is 2.06. The number of rotatable bonds is 6. The molecule has 2 amide bonds. The van der Waals surface area contributed by atoms with Crippen LogP contribution in [0, 0.1) is 0 Å². The van der Waals surface area contributed by atoms with Crippen molar-refractivity contribution in [3.8, 4) is 0 Å². The van der Waals surface area contributed by atoms with Crippen molar-refractivity contribution in [1.29, 1.82) is 0 Å². The van der Waals surface area contributed by atoms with E-state index in [1.54, 1.807) is 0 Å². The molecule has 0 fully saturated rings. The zero-order chi connectivity index (χ0) is 16.6. The SMILES string of the molecule is CCc1ccc(C(=O)NCCCNC(=O)OC(C)(C)C)cc1. The summed E-state index contributed by atoms with van der Waals surface area (Å²) in [7, 11) is 0. The second-order valence-corrected chi connectivity index (χ2v) is 6.09. The normalized spacial score (nSPS) is 10.9. The van der Waals surface area contributed by atoms with Gasteiger partial charge in [0.25, 0.3) is 5.91 Å². The van der Waals surface area contributed by atoms with Gasteiger partial charge in [-0.25, -0.2) is 4.79 Å². The van der Waals surface area contributed by atoms with Crippen LogP contribution >= 0.6 is 0 Å². The van der Waals surface area contributed by atoms with Crippen molar-refractivity contribution >= 4 is 12.0 Å². The highest BCUT2D eigenvalue weighted by molar-refractivity contribution is 5.94. The number of ether oxygens (including phenoxy) is 1. The van der Waals surface area contributed by atoms with Gasteiger partial charge < -0.3 is 15.4 Å². The van der Waals surface area contributed by atoms with Crippen LogP contribution in [0.3, 0.4) is 0 Å². The summed E-state index contributed by atoms with van der Waals surface area (Å²) in [5.74, 6) is -0.0973. The van der Waals surface area contributed by atoms with Crippen LogP contribution in [0.1, 0.15) is 50.0 Å². The third kappa shape index (κ3) is 7.11. The molecule has 0 aromatic heterocycles. The number of benzene rings is 1. The largest absolute Gasteiger partial charge is 0.444 e. The molecule has 0 atom stereocenters. The van der Waals surface area contributed by atoms with Gasteiger partial charge in [-0.2, -0.15) is 0 Å². The first-order valence-electron chi connectivity index (χ1n) is 7.66. The number of carbonyl (C=O) groups excluding carboxylic acids is 2. The van der Waals surface area contributed by atoms with Crippen LogP contribution in [0.4, 0.5) is 4.79 Å². The van der Waals surface area contributed by atoms with Crippen LogP contribution in [-0.4, -0.2) is 30.7 Å². The number of alkyl carbamates (subject to hydrolysis) is 1. The standard InChI is InChI=1S/C17H26N2O3/c1-5-13-7-9-14(10-8-13)15(20)18-11-6-12-19-16(21)22-17(2,3)4/h7-10H,5-6,11-12H2,1-4H3,(H,18,20)(H,19,21). The van der Waals surface area contributed by atoms with Gasteiger partial charge in [-0.1, -0.05) is 19.1 Å². The fourth-order valence-corrected chi connectivity index (χ4v) is 1.79. The highest BCUT2D eigenvalue weighted by atomic mass is 16.6. The molecule has 22 heavy (non-hydrogen) atoms. The lowest BCUT2D eigenvalue weighted by atomic mass is 10.1. The number of aryl methyl sites for hydroxylation is 1. The van der Waals surface area contributed by atoms with E-state index in [9.17, 15) is 9.59 Å². The minimum Gasteiger partial charge on any atom is -0.444 e. The number of nitrogens with one attached hydrogen (secondary N) is 2. The Hall–Kier alpha value is -2.04. The lowest BCUT2D eigenvalue weighted by Crippen LogP contribution is -2.34. The Morgan fingerprint density at radius 2 is 1.64 bits per heavy atom. The zero-order valence-electron chi connectivity index (χ0n) is 13.9. The Morgan fingerprint density at radius 3 is 2.18 bits per heavy atom. The first-order valence-corrected chi connectivity index (χ1v) is 7.66. The number of amides is 2. The predicted molar refractivity (Wildman–Crippen MR) is 87.0 cm³/mol. The molecule has 1 rings (SSSR count). The summed E-state index contributed by atoms with van der Waals surface area (Å²) in [4.78, 5) is 23.3. The monoisotopic (exact) mass is 306 g/mol. The van der Waals surface area contributed by atoms with E-state index in [1.807, 2.05) is 45.0 Å². The van der Waals surface area contributed by atoms with Crippen molar-refractivity contribution < 1.29 is 14.3 Å². The maximum Gasteiger partial charge on any atom is 0.407 e. The molecule has 0 aliphatic heterocycles. The minimum atomic E-state index is -0.497. The Bertz CT molecular complexity index is 490. The van der Waals surface area contributed by atoms with E-state index in [-0.39, 0.29) is 5.91 Å². The summed E-state index contributed by atoms with van der Waals surface area (Å²) in [5, 5.41) is 5.48. The Morgan fingerprint density at radius 1 is 1.05 bits per heavy atom. The van der Waals surface area contributed by atoms with Gasteiger partial charge in [0, 0.05) is 18.7 Å². The average molecular weight is 306 g/mol. The molecule has 0 aliphatic rings. The Labute approximate surface area is 132 Å². The fraction of sp³-hybridized carbons (Fsp3) is 0.529. The van der Waals surface area contributed by atoms with Crippen LogP contribution in [0.15, 0.2) is 24.3 Å². The van der Waals surface area contributed by atoms with Gasteiger partial charge in [0.05, 0.1) is 0 Å². The Balaban J connectivity index is 2.21. The zero-order valence-corrected chi connectivity index (χ0v) is 13.9. The number of hydrogen-bond acceptors (Lipinski definition) is 3. The molecule has 0 unspecified atom stereocenters. The van der Waals surface area contributed by atoms with Crippen LogP contribution in [-0.2, 0) is 11.2 Å². The van der Waals surface area contributed by atoms with Crippen molar-refractivity contribution in [2.24, 2.45) is 0 Å². The molecule has 0 spiro atoms. The lowest BCUT2D eigenvalue weighted by Gasteiger charge is -2.19. The molecule has 2 N–H and O–H groups in total. The number of carbonyl (C=O) groups is 2. The highest BCUT2D eigenvalue weighted by Gasteiger charge is 2.15. The summed E-state index contributed by atoms with van der Waals surface area (Å²) in [6.07, 6.45) is 1.17. The van der Waals surface area contributed by atoms with E-state index >= 15 is 0 Å².